The Morgan fingerprint density at radius 2 is 1.89 bits per heavy atom. The first-order chi connectivity index (χ1) is 4.06. The fraction of sp³-hybridized carbons (Fsp3) is 0.714. The van der Waals surface area contributed by atoms with E-state index in [2.05, 4.69) is 0 Å². The second-order valence-corrected chi connectivity index (χ2v) is 2.15. The van der Waals surface area contributed by atoms with Gasteiger partial charge in [0.15, 0.2) is 0 Å². The molecule has 9 heavy (non-hydrogen) atoms. The summed E-state index contributed by atoms with van der Waals surface area (Å²) < 4.78 is 24.0. The van der Waals surface area contributed by atoms with Crippen LogP contribution in [0.1, 0.15) is 26.7 Å². The fourth-order valence-corrected chi connectivity index (χ4v) is 0.457. The van der Waals surface area contributed by atoms with Gasteiger partial charge in [-0.25, -0.2) is 8.78 Å². The average Bonchev–Trinajstić information content (AvgIpc) is 1.63. The Hall–Kier alpha value is -0.400. The quantitative estimate of drug-likeness (QED) is 0.520. The molecular weight excluding hydrogens is 122 g/mol. The van der Waals surface area contributed by atoms with Crippen molar-refractivity contribution in [3.8, 4) is 0 Å². The molecule has 0 heterocycles. The zero-order valence-electron chi connectivity index (χ0n) is 5.82. The van der Waals surface area contributed by atoms with Gasteiger partial charge in [0.1, 0.15) is 0 Å². The molecule has 0 bridgehead atoms. The smallest absolute Gasteiger partial charge is 0.207 e. The largest absolute Gasteiger partial charge is 0.248 e. The van der Waals surface area contributed by atoms with Gasteiger partial charge in [-0.15, -0.1) is 0 Å². The predicted octanol–water partition coefficient (Wildman–Crippen LogP) is 3.00. The summed E-state index contributed by atoms with van der Waals surface area (Å²) in [6.45, 7) is 2.84. The summed E-state index contributed by atoms with van der Waals surface area (Å²) in [6.07, 6.45) is 3.95. The molecule has 0 atom stereocenters. The van der Waals surface area contributed by atoms with Crippen molar-refractivity contribution in [3.63, 3.8) is 0 Å². The van der Waals surface area contributed by atoms with Crippen molar-refractivity contribution >= 4 is 0 Å². The molecule has 0 aromatic rings. The van der Waals surface area contributed by atoms with E-state index >= 15 is 0 Å². The maximum Gasteiger partial charge on any atom is 0.248 e. The summed E-state index contributed by atoms with van der Waals surface area (Å²) in [5.74, 6) is -2.54. The third-order valence-corrected chi connectivity index (χ3v) is 0.879. The van der Waals surface area contributed by atoms with Gasteiger partial charge in [-0.3, -0.25) is 0 Å². The van der Waals surface area contributed by atoms with Crippen molar-refractivity contribution in [2.75, 3.05) is 0 Å². The number of alkyl halides is 2. The van der Waals surface area contributed by atoms with Crippen LogP contribution in [0.5, 0.6) is 0 Å². The lowest BCUT2D eigenvalue weighted by molar-refractivity contribution is 0.0254. The van der Waals surface area contributed by atoms with Gasteiger partial charge >= 0.3 is 0 Å². The van der Waals surface area contributed by atoms with Gasteiger partial charge in [-0.1, -0.05) is 19.1 Å². The topological polar surface area (TPSA) is 0 Å². The molecule has 0 aliphatic rings. The van der Waals surface area contributed by atoms with E-state index in [0.29, 0.717) is 0 Å². The van der Waals surface area contributed by atoms with E-state index in [-0.39, 0.29) is 6.42 Å². The minimum Gasteiger partial charge on any atom is -0.207 e. The van der Waals surface area contributed by atoms with Crippen LogP contribution in [0.3, 0.4) is 0 Å². The summed E-state index contributed by atoms with van der Waals surface area (Å²) in [6, 6.07) is 0. The maximum absolute atomic E-state index is 12.0. The molecule has 0 radical (unpaired) electrons. The molecule has 0 nitrogen and oxygen atoms in total. The summed E-state index contributed by atoms with van der Waals surface area (Å²) in [4.78, 5) is 0. The molecule has 0 spiro atoms. The van der Waals surface area contributed by atoms with Crippen molar-refractivity contribution in [1.29, 1.82) is 0 Å². The molecule has 0 saturated heterocycles. The van der Waals surface area contributed by atoms with Crippen LogP contribution in [0.4, 0.5) is 8.78 Å². The number of rotatable bonds is 3. The average molecular weight is 134 g/mol. The highest BCUT2D eigenvalue weighted by Gasteiger charge is 2.17. The maximum atomic E-state index is 12.0. The van der Waals surface area contributed by atoms with Gasteiger partial charge in [0, 0.05) is 6.42 Å². The van der Waals surface area contributed by atoms with E-state index in [1.807, 2.05) is 6.92 Å². The standard InChI is InChI=1S/C7H12F2/c1-3-4-5-6-7(2,8)9/h4-5H,3,6H2,1-2H3/b5-4+. The van der Waals surface area contributed by atoms with E-state index < -0.39 is 5.92 Å². The molecule has 0 aliphatic heterocycles. The van der Waals surface area contributed by atoms with Crippen molar-refractivity contribution in [3.05, 3.63) is 12.2 Å². The highest BCUT2D eigenvalue weighted by Crippen LogP contribution is 2.16. The molecule has 2 heteroatoms. The SMILES string of the molecule is CC/C=C/CC(C)(F)F. The van der Waals surface area contributed by atoms with Crippen LogP contribution < -0.4 is 0 Å². The van der Waals surface area contributed by atoms with Gasteiger partial charge in [0.2, 0.25) is 5.92 Å². The zero-order valence-corrected chi connectivity index (χ0v) is 5.82. The number of hydrogen-bond donors (Lipinski definition) is 0. The van der Waals surface area contributed by atoms with E-state index in [0.717, 1.165) is 13.3 Å². The van der Waals surface area contributed by atoms with Gasteiger partial charge in [-0.2, -0.15) is 0 Å². The van der Waals surface area contributed by atoms with E-state index in [9.17, 15) is 8.78 Å². The highest BCUT2D eigenvalue weighted by atomic mass is 19.3. The Kier molecular flexibility index (Phi) is 3.43. The van der Waals surface area contributed by atoms with Crippen LogP contribution in [0.2, 0.25) is 0 Å². The highest BCUT2D eigenvalue weighted by molar-refractivity contribution is 4.84. The van der Waals surface area contributed by atoms with Crippen LogP contribution in [0.15, 0.2) is 12.2 Å². The van der Waals surface area contributed by atoms with Crippen LogP contribution >= 0.6 is 0 Å². The van der Waals surface area contributed by atoms with Crippen LogP contribution in [0, 0.1) is 0 Å². The zero-order chi connectivity index (χ0) is 7.33. The molecule has 0 N–H and O–H groups in total. The Balaban J connectivity index is 3.38. The van der Waals surface area contributed by atoms with E-state index in [1.165, 1.54) is 6.08 Å². The van der Waals surface area contributed by atoms with Gasteiger partial charge < -0.3 is 0 Å². The molecule has 0 aliphatic carbocycles. The lowest BCUT2D eigenvalue weighted by atomic mass is 10.2. The van der Waals surface area contributed by atoms with Crippen molar-refractivity contribution in [2.24, 2.45) is 0 Å². The molecular formula is C7H12F2. The molecule has 54 valence electrons. The Labute approximate surface area is 54.6 Å². The number of allylic oxidation sites excluding steroid dienone is 2. The lowest BCUT2D eigenvalue weighted by Crippen LogP contribution is -2.06. The van der Waals surface area contributed by atoms with Crippen LogP contribution in [0.25, 0.3) is 0 Å². The van der Waals surface area contributed by atoms with Crippen molar-refractivity contribution in [2.45, 2.75) is 32.6 Å². The summed E-state index contributed by atoms with van der Waals surface area (Å²) in [5.41, 5.74) is 0. The molecule has 0 aromatic carbocycles. The monoisotopic (exact) mass is 134 g/mol. The van der Waals surface area contributed by atoms with E-state index in [4.69, 9.17) is 0 Å². The lowest BCUT2D eigenvalue weighted by Gasteiger charge is -2.04. The molecule has 0 amide bonds. The third-order valence-electron chi connectivity index (χ3n) is 0.879. The normalized spacial score (nSPS) is 12.9. The first-order valence-corrected chi connectivity index (χ1v) is 3.09. The summed E-state index contributed by atoms with van der Waals surface area (Å²) >= 11 is 0. The van der Waals surface area contributed by atoms with E-state index in [1.54, 1.807) is 6.08 Å². The second-order valence-electron chi connectivity index (χ2n) is 2.15. The van der Waals surface area contributed by atoms with Crippen LogP contribution in [-0.2, 0) is 0 Å². The van der Waals surface area contributed by atoms with Crippen LogP contribution in [-0.4, -0.2) is 5.92 Å². The fourth-order valence-electron chi connectivity index (χ4n) is 0.457. The number of hydrogen-bond acceptors (Lipinski definition) is 0. The Morgan fingerprint density at radius 3 is 2.22 bits per heavy atom. The predicted molar refractivity (Wildman–Crippen MR) is 34.7 cm³/mol. The molecule has 0 saturated carbocycles. The Bertz CT molecular complexity index is 89.6. The third kappa shape index (κ3) is 7.60. The second kappa shape index (κ2) is 3.59. The summed E-state index contributed by atoms with van der Waals surface area (Å²) in [5, 5.41) is 0. The minimum atomic E-state index is -2.54. The molecule has 0 aromatic heterocycles. The molecule has 0 rings (SSSR count). The first-order valence-electron chi connectivity index (χ1n) is 3.09. The molecule has 0 fully saturated rings. The number of halogens is 2. The molecule has 0 unspecified atom stereocenters. The van der Waals surface area contributed by atoms with Crippen molar-refractivity contribution < 1.29 is 8.78 Å². The first kappa shape index (κ1) is 8.60. The van der Waals surface area contributed by atoms with Gasteiger partial charge in [0.25, 0.3) is 0 Å². The minimum absolute atomic E-state index is 0.138. The summed E-state index contributed by atoms with van der Waals surface area (Å²) in [7, 11) is 0. The van der Waals surface area contributed by atoms with Crippen molar-refractivity contribution in [1.82, 2.24) is 0 Å². The van der Waals surface area contributed by atoms with Gasteiger partial charge in [-0.05, 0) is 13.3 Å². The van der Waals surface area contributed by atoms with Gasteiger partial charge in [0.05, 0.1) is 0 Å². The Morgan fingerprint density at radius 1 is 1.33 bits per heavy atom.